The fourth-order valence-corrected chi connectivity index (χ4v) is 8.17. The maximum atomic E-state index is 17.1. The summed E-state index contributed by atoms with van der Waals surface area (Å²) in [4.78, 5) is 23.7. The highest BCUT2D eigenvalue weighted by atomic mass is 35.5. The molecule has 12 heteroatoms. The molecule has 0 aromatic heterocycles. The van der Waals surface area contributed by atoms with Crippen molar-refractivity contribution >= 4 is 38.3 Å². The van der Waals surface area contributed by atoms with Crippen LogP contribution in [0, 0.1) is 5.92 Å². The Bertz CT molecular complexity index is 1670. The van der Waals surface area contributed by atoms with E-state index in [4.69, 9.17) is 26.9 Å². The van der Waals surface area contributed by atoms with Crippen LogP contribution in [0.5, 0.6) is 5.75 Å². The molecular formula is C34H40ClF2N3O5S. The van der Waals surface area contributed by atoms with Gasteiger partial charge in [-0.3, -0.25) is 9.63 Å². The first-order valence-corrected chi connectivity index (χ1v) is 17.9. The minimum Gasteiger partial charge on any atom is -0.489 e. The molecule has 248 valence electrons. The Hall–Kier alpha value is -2.83. The van der Waals surface area contributed by atoms with Crippen LogP contribution >= 0.6 is 11.6 Å². The topological polar surface area (TPSA) is 111 Å². The lowest BCUT2D eigenvalue weighted by molar-refractivity contribution is -0.203. The number of amides is 1. The summed E-state index contributed by atoms with van der Waals surface area (Å²) in [5, 5.41) is 1.75. The van der Waals surface area contributed by atoms with Gasteiger partial charge < -0.3 is 15.4 Å². The summed E-state index contributed by atoms with van der Waals surface area (Å²) in [6, 6.07) is 15.5. The van der Waals surface area contributed by atoms with E-state index in [0.29, 0.717) is 31.1 Å². The molecule has 8 nitrogen and oxygen atoms in total. The molecule has 3 aliphatic rings. The number of carbonyl (C=O) groups excluding carboxylic acids is 1. The molecule has 3 N–H and O–H groups in total. The third-order valence-electron chi connectivity index (χ3n) is 9.73. The van der Waals surface area contributed by atoms with Crippen LogP contribution in [0.15, 0.2) is 65.6 Å². The molecule has 1 unspecified atom stereocenters. The Morgan fingerprint density at radius 3 is 2.33 bits per heavy atom. The Morgan fingerprint density at radius 2 is 1.63 bits per heavy atom. The molecule has 2 saturated carbocycles. The van der Waals surface area contributed by atoms with Crippen LogP contribution in [0.3, 0.4) is 0 Å². The zero-order valence-corrected chi connectivity index (χ0v) is 27.2. The van der Waals surface area contributed by atoms with Gasteiger partial charge in [0.15, 0.2) is 0 Å². The Balaban J connectivity index is 1.35. The number of piperidine rings is 1. The van der Waals surface area contributed by atoms with Gasteiger partial charge in [-0.15, -0.1) is 0 Å². The highest BCUT2D eigenvalue weighted by molar-refractivity contribution is 7.89. The third-order valence-corrected chi connectivity index (χ3v) is 11.2. The van der Waals surface area contributed by atoms with E-state index in [0.717, 1.165) is 31.1 Å². The standard InChI is InChI=1S/C34H40ClF2N3O5S/c35-29-14-12-25(22-30(29)44-27-9-3-4-10-27)34(36,37)31(32(41)40-19-15-26(38)16-20-40)33(17-5-6-18-33)45-39-46(42,43)28-13-11-23-7-1-2-8-24(23)21-28/h1-2,7-8,11-14,21-22,26-27,31,39H,3-6,9-10,15-20,38H2. The van der Waals surface area contributed by atoms with Crippen molar-refractivity contribution in [2.75, 3.05) is 13.1 Å². The maximum Gasteiger partial charge on any atom is 0.287 e. The predicted octanol–water partition coefficient (Wildman–Crippen LogP) is 6.70. The summed E-state index contributed by atoms with van der Waals surface area (Å²) >= 11 is 6.39. The Labute approximate surface area is 273 Å². The number of halogens is 3. The van der Waals surface area contributed by atoms with Crippen molar-refractivity contribution in [2.24, 2.45) is 11.7 Å². The summed E-state index contributed by atoms with van der Waals surface area (Å²) < 4.78 is 67.3. The fraction of sp³-hybridized carbons (Fsp3) is 0.500. The molecule has 1 amide bonds. The van der Waals surface area contributed by atoms with Gasteiger partial charge in [0.25, 0.3) is 15.9 Å². The molecule has 0 spiro atoms. The van der Waals surface area contributed by atoms with Crippen LogP contribution in [-0.2, 0) is 25.6 Å². The quantitative estimate of drug-likeness (QED) is 0.232. The molecule has 3 aromatic rings. The van der Waals surface area contributed by atoms with Crippen LogP contribution in [0.4, 0.5) is 8.78 Å². The number of nitrogens with zero attached hydrogens (tertiary/aromatic N) is 1. The van der Waals surface area contributed by atoms with E-state index in [2.05, 4.69) is 4.89 Å². The zero-order chi connectivity index (χ0) is 32.5. The number of fused-ring (bicyclic) bond motifs is 1. The molecular weight excluding hydrogens is 636 g/mol. The number of benzene rings is 3. The van der Waals surface area contributed by atoms with Gasteiger partial charge in [-0.1, -0.05) is 65.7 Å². The van der Waals surface area contributed by atoms with Crippen molar-refractivity contribution in [3.63, 3.8) is 0 Å². The largest absolute Gasteiger partial charge is 0.489 e. The third kappa shape index (κ3) is 6.75. The van der Waals surface area contributed by atoms with E-state index in [1.807, 2.05) is 12.1 Å². The van der Waals surface area contributed by atoms with Crippen LogP contribution < -0.4 is 15.4 Å². The van der Waals surface area contributed by atoms with Crippen molar-refractivity contribution in [2.45, 2.75) is 92.8 Å². The van der Waals surface area contributed by atoms with Crippen molar-refractivity contribution in [3.05, 3.63) is 71.2 Å². The minimum absolute atomic E-state index is 0.0611. The van der Waals surface area contributed by atoms with E-state index < -0.39 is 38.9 Å². The molecule has 6 rings (SSSR count). The number of hydrogen-bond donors (Lipinski definition) is 2. The second-order valence-corrected chi connectivity index (χ2v) is 14.9. The normalized spacial score (nSPS) is 20.3. The predicted molar refractivity (Wildman–Crippen MR) is 172 cm³/mol. The average Bonchev–Trinajstić information content (AvgIpc) is 3.74. The van der Waals surface area contributed by atoms with E-state index >= 15 is 8.78 Å². The van der Waals surface area contributed by atoms with Crippen LogP contribution in [0.1, 0.15) is 69.8 Å². The monoisotopic (exact) mass is 675 g/mol. The van der Waals surface area contributed by atoms with Crippen molar-refractivity contribution < 1.29 is 31.6 Å². The van der Waals surface area contributed by atoms with Crippen LogP contribution in [0.2, 0.25) is 5.02 Å². The molecule has 0 bridgehead atoms. The lowest BCUT2D eigenvalue weighted by atomic mass is 9.77. The lowest BCUT2D eigenvalue weighted by Crippen LogP contribution is -2.58. The fourth-order valence-electron chi connectivity index (χ4n) is 7.11. The number of nitrogens with two attached hydrogens (primary N) is 1. The van der Waals surface area contributed by atoms with Gasteiger partial charge in [-0.05, 0) is 86.4 Å². The highest BCUT2D eigenvalue weighted by Crippen LogP contribution is 2.51. The zero-order valence-electron chi connectivity index (χ0n) is 25.6. The number of hydrogen-bond acceptors (Lipinski definition) is 6. The first-order valence-electron chi connectivity index (χ1n) is 16.1. The minimum atomic E-state index is -4.30. The summed E-state index contributed by atoms with van der Waals surface area (Å²) in [5.74, 6) is -6.46. The van der Waals surface area contributed by atoms with E-state index in [9.17, 15) is 13.2 Å². The van der Waals surface area contributed by atoms with Crippen molar-refractivity contribution in [1.29, 1.82) is 0 Å². The van der Waals surface area contributed by atoms with Gasteiger partial charge >= 0.3 is 0 Å². The first kappa shape index (κ1) is 33.1. The number of sulfonamides is 1. The van der Waals surface area contributed by atoms with Gasteiger partial charge in [0.2, 0.25) is 5.91 Å². The Kier molecular flexibility index (Phi) is 9.60. The maximum absolute atomic E-state index is 17.1. The second kappa shape index (κ2) is 13.4. The molecule has 1 saturated heterocycles. The number of nitrogens with one attached hydrogen (secondary N) is 1. The number of carbonyl (C=O) groups is 1. The SMILES string of the molecule is NC1CCN(C(=O)C(C2(ONS(=O)(=O)c3ccc4ccccc4c3)CCCC2)C(F)(F)c2ccc(Cl)c(OC3CCCC3)c2)CC1. The smallest absolute Gasteiger partial charge is 0.287 e. The first-order chi connectivity index (χ1) is 22.0. The molecule has 1 heterocycles. The molecule has 3 fully saturated rings. The second-order valence-electron chi connectivity index (χ2n) is 12.9. The number of alkyl halides is 2. The van der Waals surface area contributed by atoms with Gasteiger partial charge in [0.05, 0.1) is 16.0 Å². The number of rotatable bonds is 10. The summed E-state index contributed by atoms with van der Waals surface area (Å²) in [6.07, 6.45) is 5.53. The van der Waals surface area contributed by atoms with Crippen LogP contribution in [-0.4, -0.2) is 50.1 Å². The molecule has 2 aliphatic carbocycles. The average molecular weight is 676 g/mol. The molecule has 0 radical (unpaired) electrons. The summed E-state index contributed by atoms with van der Waals surface area (Å²) in [7, 11) is -4.30. The molecule has 1 atom stereocenters. The van der Waals surface area contributed by atoms with Gasteiger partial charge in [-0.25, -0.2) is 17.2 Å². The molecule has 1 aliphatic heterocycles. The number of likely N-dealkylation sites (tertiary alicyclic amines) is 1. The molecule has 46 heavy (non-hydrogen) atoms. The van der Waals surface area contributed by atoms with Crippen molar-refractivity contribution in [3.8, 4) is 5.75 Å². The highest BCUT2D eigenvalue weighted by Gasteiger charge is 2.61. The van der Waals surface area contributed by atoms with Crippen molar-refractivity contribution in [1.82, 2.24) is 9.79 Å². The van der Waals surface area contributed by atoms with E-state index in [1.54, 1.807) is 18.2 Å². The summed E-state index contributed by atoms with van der Waals surface area (Å²) in [5.41, 5.74) is 3.80. The Morgan fingerprint density at radius 1 is 0.957 bits per heavy atom. The lowest BCUT2D eigenvalue weighted by Gasteiger charge is -2.43. The summed E-state index contributed by atoms with van der Waals surface area (Å²) in [6.45, 7) is 0.449. The van der Waals surface area contributed by atoms with E-state index in [1.165, 1.54) is 35.2 Å². The van der Waals surface area contributed by atoms with Gasteiger partial charge in [0.1, 0.15) is 17.3 Å². The number of ether oxygens (including phenoxy) is 1. The van der Waals surface area contributed by atoms with Gasteiger partial charge in [-0.2, -0.15) is 0 Å². The van der Waals surface area contributed by atoms with Gasteiger partial charge in [0, 0.05) is 24.7 Å². The van der Waals surface area contributed by atoms with E-state index in [-0.39, 0.29) is 53.7 Å². The molecule has 3 aromatic carbocycles. The van der Waals surface area contributed by atoms with Crippen LogP contribution in [0.25, 0.3) is 10.8 Å².